The number of aliphatic hydroxyl groups is 1. The van der Waals surface area contributed by atoms with Gasteiger partial charge in [-0.05, 0) is 15.9 Å². The van der Waals surface area contributed by atoms with E-state index < -0.39 is 17.8 Å². The lowest BCUT2D eigenvalue weighted by atomic mass is 10.1. The van der Waals surface area contributed by atoms with Gasteiger partial charge >= 0.3 is 5.97 Å². The first kappa shape index (κ1) is 13.6. The Kier molecular flexibility index (Phi) is 4.19. The number of ether oxygens (including phenoxy) is 2. The molecule has 0 radical (unpaired) electrons. The molecule has 7 heteroatoms. The van der Waals surface area contributed by atoms with Crippen LogP contribution in [0.5, 0.6) is 17.2 Å². The summed E-state index contributed by atoms with van der Waals surface area (Å²) in [5.41, 5.74) is -0.185. The third-order valence-electron chi connectivity index (χ3n) is 2.13. The number of carbonyl (C=O) groups is 1. The molecule has 0 bridgehead atoms. The average Bonchev–Trinajstić information content (AvgIpc) is 2.27. The second-order valence-corrected chi connectivity index (χ2v) is 3.89. The van der Waals surface area contributed by atoms with E-state index in [1.165, 1.54) is 20.3 Å². The van der Waals surface area contributed by atoms with Crippen LogP contribution in [-0.4, -0.2) is 35.5 Å². The number of aromatic hydroxyl groups is 1. The van der Waals surface area contributed by atoms with Gasteiger partial charge in [0.2, 0.25) is 0 Å². The second kappa shape index (κ2) is 5.24. The predicted octanol–water partition coefficient (Wildman–Crippen LogP) is 1.29. The van der Waals surface area contributed by atoms with Crippen LogP contribution < -0.4 is 9.47 Å². The zero-order chi connectivity index (χ0) is 13.2. The largest absolute Gasteiger partial charge is 0.507 e. The summed E-state index contributed by atoms with van der Waals surface area (Å²) in [4.78, 5) is 10.7. The van der Waals surface area contributed by atoms with Crippen molar-refractivity contribution in [2.24, 2.45) is 0 Å². The molecule has 0 spiro atoms. The summed E-state index contributed by atoms with van der Waals surface area (Å²) in [6.45, 7) is 0. The van der Waals surface area contributed by atoms with E-state index in [4.69, 9.17) is 14.6 Å². The lowest BCUT2D eigenvalue weighted by molar-refractivity contribution is -0.147. The number of phenolic OH excluding ortho intramolecular Hbond substituents is 1. The third kappa shape index (κ3) is 2.45. The van der Waals surface area contributed by atoms with Crippen molar-refractivity contribution < 1.29 is 29.6 Å². The quantitative estimate of drug-likeness (QED) is 0.775. The van der Waals surface area contributed by atoms with Gasteiger partial charge in [-0.2, -0.15) is 0 Å². The van der Waals surface area contributed by atoms with Crippen LogP contribution >= 0.6 is 15.9 Å². The molecule has 0 heterocycles. The minimum Gasteiger partial charge on any atom is -0.507 e. The van der Waals surface area contributed by atoms with Crippen molar-refractivity contribution in [1.82, 2.24) is 0 Å². The first-order valence-electron chi connectivity index (χ1n) is 4.48. The minimum absolute atomic E-state index is 0.131. The molecule has 94 valence electrons. The Balaban J connectivity index is 3.47. The Labute approximate surface area is 106 Å². The number of aliphatic hydroxyl groups excluding tert-OH is 1. The Bertz CT molecular complexity index is 445. The van der Waals surface area contributed by atoms with Crippen molar-refractivity contribution in [3.63, 3.8) is 0 Å². The van der Waals surface area contributed by atoms with Crippen molar-refractivity contribution in [2.75, 3.05) is 14.2 Å². The van der Waals surface area contributed by atoms with Crippen LogP contribution in [0.1, 0.15) is 11.7 Å². The molecule has 0 aliphatic carbocycles. The molecule has 1 aromatic carbocycles. The SMILES string of the molecule is COc1cc(O)c(C(O)C(=O)O)c(Br)c1OC. The van der Waals surface area contributed by atoms with Gasteiger partial charge in [0.15, 0.2) is 17.6 Å². The molecule has 0 aliphatic heterocycles. The summed E-state index contributed by atoms with van der Waals surface area (Å²) in [6, 6.07) is 1.17. The molecule has 17 heavy (non-hydrogen) atoms. The summed E-state index contributed by atoms with van der Waals surface area (Å²) in [5, 5.41) is 27.8. The van der Waals surface area contributed by atoms with Gasteiger partial charge in [0.05, 0.1) is 24.3 Å². The van der Waals surface area contributed by atoms with Gasteiger partial charge in [0.25, 0.3) is 0 Å². The van der Waals surface area contributed by atoms with Crippen molar-refractivity contribution in [2.45, 2.75) is 6.10 Å². The lowest BCUT2D eigenvalue weighted by Crippen LogP contribution is -2.12. The number of carboxylic acid groups (broad SMARTS) is 1. The molecule has 1 aromatic rings. The monoisotopic (exact) mass is 306 g/mol. The zero-order valence-electron chi connectivity index (χ0n) is 9.10. The highest BCUT2D eigenvalue weighted by atomic mass is 79.9. The van der Waals surface area contributed by atoms with E-state index in [0.29, 0.717) is 0 Å². The molecule has 0 saturated heterocycles. The van der Waals surface area contributed by atoms with Gasteiger partial charge in [-0.25, -0.2) is 4.79 Å². The van der Waals surface area contributed by atoms with Crippen molar-refractivity contribution in [3.05, 3.63) is 16.1 Å². The molecule has 0 aromatic heterocycles. The first-order chi connectivity index (χ1) is 7.93. The number of phenols is 1. The molecule has 3 N–H and O–H groups in total. The highest BCUT2D eigenvalue weighted by Gasteiger charge is 2.27. The van der Waals surface area contributed by atoms with Crippen LogP contribution in [0.4, 0.5) is 0 Å². The van der Waals surface area contributed by atoms with E-state index >= 15 is 0 Å². The number of hydrogen-bond acceptors (Lipinski definition) is 5. The highest BCUT2D eigenvalue weighted by Crippen LogP contribution is 2.44. The van der Waals surface area contributed by atoms with Gasteiger partial charge in [-0.1, -0.05) is 0 Å². The highest BCUT2D eigenvalue weighted by molar-refractivity contribution is 9.10. The smallest absolute Gasteiger partial charge is 0.337 e. The van der Waals surface area contributed by atoms with E-state index in [1.807, 2.05) is 0 Å². The number of hydrogen-bond donors (Lipinski definition) is 3. The summed E-state index contributed by atoms with van der Waals surface area (Å²) in [7, 11) is 2.73. The molecule has 0 aliphatic rings. The van der Waals surface area contributed by atoms with E-state index in [9.17, 15) is 15.0 Å². The molecule has 1 unspecified atom stereocenters. The minimum atomic E-state index is -1.86. The fourth-order valence-electron chi connectivity index (χ4n) is 1.34. The Hall–Kier alpha value is -1.47. The van der Waals surface area contributed by atoms with Crippen molar-refractivity contribution in [1.29, 1.82) is 0 Å². The summed E-state index contributed by atoms with van der Waals surface area (Å²) < 4.78 is 10.1. The average molecular weight is 307 g/mol. The van der Waals surface area contributed by atoms with Crippen LogP contribution in [-0.2, 0) is 4.79 Å². The lowest BCUT2D eigenvalue weighted by Gasteiger charge is -2.16. The number of benzene rings is 1. The molecular weight excluding hydrogens is 296 g/mol. The topological polar surface area (TPSA) is 96.2 Å². The molecular formula is C10H11BrO6. The van der Waals surface area contributed by atoms with Crippen LogP contribution in [0.15, 0.2) is 10.5 Å². The van der Waals surface area contributed by atoms with Gasteiger partial charge in [0, 0.05) is 6.07 Å². The van der Waals surface area contributed by atoms with Gasteiger partial charge in [0.1, 0.15) is 5.75 Å². The zero-order valence-corrected chi connectivity index (χ0v) is 10.7. The standard InChI is InChI=1S/C10H11BrO6/c1-16-5-3-4(12)6(8(13)10(14)15)7(11)9(5)17-2/h3,8,12-13H,1-2H3,(H,14,15). The molecule has 0 saturated carbocycles. The van der Waals surface area contributed by atoms with Crippen LogP contribution in [0.2, 0.25) is 0 Å². The Morgan fingerprint density at radius 2 is 2.00 bits per heavy atom. The first-order valence-corrected chi connectivity index (χ1v) is 5.27. The number of rotatable bonds is 4. The van der Waals surface area contributed by atoms with E-state index in [-0.39, 0.29) is 21.5 Å². The van der Waals surface area contributed by atoms with Crippen LogP contribution in [0, 0.1) is 0 Å². The van der Waals surface area contributed by atoms with E-state index in [0.717, 1.165) is 0 Å². The maximum absolute atomic E-state index is 10.7. The summed E-state index contributed by atoms with van der Waals surface area (Å²) in [6.07, 6.45) is -1.86. The summed E-state index contributed by atoms with van der Waals surface area (Å²) >= 11 is 3.06. The van der Waals surface area contributed by atoms with Gasteiger partial charge in [-0.15, -0.1) is 0 Å². The Morgan fingerprint density at radius 1 is 1.41 bits per heavy atom. The van der Waals surface area contributed by atoms with E-state index in [2.05, 4.69) is 15.9 Å². The predicted molar refractivity (Wildman–Crippen MR) is 61.5 cm³/mol. The van der Waals surface area contributed by atoms with Gasteiger partial charge < -0.3 is 24.8 Å². The maximum Gasteiger partial charge on any atom is 0.337 e. The Morgan fingerprint density at radius 3 is 2.41 bits per heavy atom. The van der Waals surface area contributed by atoms with E-state index in [1.54, 1.807) is 0 Å². The van der Waals surface area contributed by atoms with Crippen molar-refractivity contribution in [3.8, 4) is 17.2 Å². The number of carboxylic acids is 1. The normalized spacial score (nSPS) is 12.0. The fourth-order valence-corrected chi connectivity index (χ4v) is 2.11. The molecule has 0 amide bonds. The molecule has 1 rings (SSSR count). The van der Waals surface area contributed by atoms with Crippen molar-refractivity contribution >= 4 is 21.9 Å². The van der Waals surface area contributed by atoms with Gasteiger partial charge in [-0.3, -0.25) is 0 Å². The number of halogens is 1. The third-order valence-corrected chi connectivity index (χ3v) is 2.92. The molecule has 1 atom stereocenters. The second-order valence-electron chi connectivity index (χ2n) is 3.10. The van der Waals surface area contributed by atoms with Crippen LogP contribution in [0.3, 0.4) is 0 Å². The number of methoxy groups -OCH3 is 2. The summed E-state index contributed by atoms with van der Waals surface area (Å²) in [5.74, 6) is -1.46. The van der Waals surface area contributed by atoms with Crippen LogP contribution in [0.25, 0.3) is 0 Å². The molecule has 6 nitrogen and oxygen atoms in total. The fraction of sp³-hybridized carbons (Fsp3) is 0.300. The maximum atomic E-state index is 10.7. The molecule has 0 fully saturated rings. The number of aliphatic carboxylic acids is 1.